The van der Waals surface area contributed by atoms with Crippen LogP contribution in [0.4, 0.5) is 0 Å². The molecule has 2 N–H and O–H groups in total. The highest BCUT2D eigenvalue weighted by Gasteiger charge is 2.29. The maximum atomic E-state index is 12.3. The van der Waals surface area contributed by atoms with Crippen molar-refractivity contribution in [2.45, 2.75) is 39.2 Å². The molecule has 0 aliphatic carbocycles. The monoisotopic (exact) mass is 310 g/mol. The minimum Gasteiger partial charge on any atom is -0.341 e. The molecule has 2 atom stereocenters. The van der Waals surface area contributed by atoms with Crippen LogP contribution in [0, 0.1) is 11.8 Å². The Bertz CT molecular complexity index is 436. The molecule has 1 amide bonds. The Morgan fingerprint density at radius 3 is 2.62 bits per heavy atom. The summed E-state index contributed by atoms with van der Waals surface area (Å²) in [5, 5.41) is 0. The lowest BCUT2D eigenvalue weighted by atomic mass is 9.99. The van der Waals surface area contributed by atoms with Crippen LogP contribution in [0.5, 0.6) is 0 Å². The van der Waals surface area contributed by atoms with Gasteiger partial charge < -0.3 is 10.6 Å². The van der Waals surface area contributed by atoms with Gasteiger partial charge in [-0.1, -0.05) is 44.2 Å². The van der Waals surface area contributed by atoms with Crippen LogP contribution in [0.2, 0.25) is 0 Å². The minimum atomic E-state index is -0.328. The summed E-state index contributed by atoms with van der Waals surface area (Å²) in [7, 11) is 0. The van der Waals surface area contributed by atoms with Crippen LogP contribution >= 0.6 is 12.4 Å². The number of benzene rings is 1. The second kappa shape index (κ2) is 8.40. The van der Waals surface area contributed by atoms with Gasteiger partial charge in [0.15, 0.2) is 0 Å². The highest BCUT2D eigenvalue weighted by molar-refractivity contribution is 5.85. The van der Waals surface area contributed by atoms with Crippen molar-refractivity contribution in [2.24, 2.45) is 17.6 Å². The van der Waals surface area contributed by atoms with Crippen LogP contribution in [-0.4, -0.2) is 29.9 Å². The maximum absolute atomic E-state index is 12.3. The number of amides is 1. The van der Waals surface area contributed by atoms with Gasteiger partial charge in [-0.2, -0.15) is 0 Å². The quantitative estimate of drug-likeness (QED) is 0.909. The number of halogens is 1. The highest BCUT2D eigenvalue weighted by Crippen LogP contribution is 2.22. The molecule has 0 radical (unpaired) electrons. The molecule has 0 saturated carbocycles. The van der Waals surface area contributed by atoms with E-state index in [9.17, 15) is 4.79 Å². The van der Waals surface area contributed by atoms with Gasteiger partial charge in [-0.15, -0.1) is 12.4 Å². The third-order valence-electron chi connectivity index (χ3n) is 4.01. The van der Waals surface area contributed by atoms with Gasteiger partial charge in [0.2, 0.25) is 5.91 Å². The van der Waals surface area contributed by atoms with E-state index in [0.29, 0.717) is 11.8 Å². The van der Waals surface area contributed by atoms with Crippen molar-refractivity contribution in [2.75, 3.05) is 13.1 Å². The number of carbonyl (C=O) groups is 1. The van der Waals surface area contributed by atoms with Gasteiger partial charge in [0.25, 0.3) is 0 Å². The molecule has 1 unspecified atom stereocenters. The van der Waals surface area contributed by atoms with Gasteiger partial charge in [-0.3, -0.25) is 4.79 Å². The predicted octanol–water partition coefficient (Wildman–Crippen LogP) is 2.87. The molecule has 4 heteroatoms. The molecule has 118 valence electrons. The van der Waals surface area contributed by atoms with E-state index in [-0.39, 0.29) is 24.4 Å². The van der Waals surface area contributed by atoms with E-state index in [0.717, 1.165) is 32.4 Å². The SMILES string of the molecule is CC(C)C[C@H](N)C(=O)N1CCC(Cc2ccccc2)C1.Cl. The Morgan fingerprint density at radius 2 is 2.00 bits per heavy atom. The average molecular weight is 311 g/mol. The number of nitrogens with zero attached hydrogens (tertiary/aromatic N) is 1. The van der Waals surface area contributed by atoms with Gasteiger partial charge in [-0.25, -0.2) is 0 Å². The van der Waals surface area contributed by atoms with E-state index in [1.807, 2.05) is 11.0 Å². The molecule has 1 aliphatic heterocycles. The Hall–Kier alpha value is -1.06. The first-order valence-corrected chi connectivity index (χ1v) is 7.64. The lowest BCUT2D eigenvalue weighted by Crippen LogP contribution is -2.43. The predicted molar refractivity (Wildman–Crippen MR) is 89.5 cm³/mol. The van der Waals surface area contributed by atoms with E-state index in [4.69, 9.17) is 5.73 Å². The molecule has 0 bridgehead atoms. The summed E-state index contributed by atoms with van der Waals surface area (Å²) in [6.07, 6.45) is 2.93. The van der Waals surface area contributed by atoms with Crippen LogP contribution in [0.1, 0.15) is 32.3 Å². The van der Waals surface area contributed by atoms with Gasteiger partial charge in [0.1, 0.15) is 0 Å². The molecule has 1 heterocycles. The molecule has 1 fully saturated rings. The number of likely N-dealkylation sites (tertiary alicyclic amines) is 1. The van der Waals surface area contributed by atoms with Gasteiger partial charge in [0, 0.05) is 13.1 Å². The average Bonchev–Trinajstić information content (AvgIpc) is 2.86. The maximum Gasteiger partial charge on any atom is 0.239 e. The fourth-order valence-electron chi connectivity index (χ4n) is 2.99. The molecule has 1 aliphatic rings. The lowest BCUT2D eigenvalue weighted by Gasteiger charge is -2.22. The number of hydrogen-bond acceptors (Lipinski definition) is 2. The lowest BCUT2D eigenvalue weighted by molar-refractivity contribution is -0.132. The Balaban J connectivity index is 0.00000220. The number of carbonyl (C=O) groups excluding carboxylic acids is 1. The summed E-state index contributed by atoms with van der Waals surface area (Å²) in [5.41, 5.74) is 7.36. The molecule has 21 heavy (non-hydrogen) atoms. The summed E-state index contributed by atoms with van der Waals surface area (Å²) in [4.78, 5) is 14.2. The fourth-order valence-corrected chi connectivity index (χ4v) is 2.99. The Morgan fingerprint density at radius 1 is 1.33 bits per heavy atom. The van der Waals surface area contributed by atoms with Crippen LogP contribution in [0.25, 0.3) is 0 Å². The molecule has 1 aromatic carbocycles. The van der Waals surface area contributed by atoms with Crippen molar-refractivity contribution in [1.29, 1.82) is 0 Å². The first-order chi connectivity index (χ1) is 9.56. The Kier molecular flexibility index (Phi) is 7.20. The van der Waals surface area contributed by atoms with Crippen molar-refractivity contribution in [1.82, 2.24) is 4.90 Å². The smallest absolute Gasteiger partial charge is 0.239 e. The third kappa shape index (κ3) is 5.33. The topological polar surface area (TPSA) is 46.3 Å². The molecule has 3 nitrogen and oxygen atoms in total. The Labute approximate surface area is 134 Å². The minimum absolute atomic E-state index is 0. The van der Waals surface area contributed by atoms with Crippen LogP contribution in [0.3, 0.4) is 0 Å². The first-order valence-electron chi connectivity index (χ1n) is 7.64. The highest BCUT2D eigenvalue weighted by atomic mass is 35.5. The van der Waals surface area contributed by atoms with E-state index in [2.05, 4.69) is 38.1 Å². The molecule has 0 spiro atoms. The zero-order valence-electron chi connectivity index (χ0n) is 13.0. The van der Waals surface area contributed by atoms with Crippen LogP contribution in [0.15, 0.2) is 30.3 Å². The third-order valence-corrected chi connectivity index (χ3v) is 4.01. The number of rotatable bonds is 5. The largest absolute Gasteiger partial charge is 0.341 e. The van der Waals surface area contributed by atoms with Crippen LogP contribution in [-0.2, 0) is 11.2 Å². The molecule has 2 rings (SSSR count). The van der Waals surface area contributed by atoms with Crippen molar-refractivity contribution in [3.8, 4) is 0 Å². The van der Waals surface area contributed by atoms with E-state index in [1.165, 1.54) is 5.56 Å². The first kappa shape index (κ1) is 18.0. The molecular weight excluding hydrogens is 284 g/mol. The second-order valence-corrected chi connectivity index (χ2v) is 6.36. The molecule has 0 aromatic heterocycles. The summed E-state index contributed by atoms with van der Waals surface area (Å²) in [6, 6.07) is 10.2. The molecule has 1 aromatic rings. The zero-order chi connectivity index (χ0) is 14.5. The molecular formula is C17H27ClN2O. The summed E-state index contributed by atoms with van der Waals surface area (Å²) >= 11 is 0. The van der Waals surface area contributed by atoms with Gasteiger partial charge >= 0.3 is 0 Å². The second-order valence-electron chi connectivity index (χ2n) is 6.36. The normalized spacial score (nSPS) is 19.4. The fraction of sp³-hybridized carbons (Fsp3) is 0.588. The van der Waals surface area contributed by atoms with E-state index in [1.54, 1.807) is 0 Å². The standard InChI is InChI=1S/C17H26N2O.ClH/c1-13(2)10-16(18)17(20)19-9-8-15(12-19)11-14-6-4-3-5-7-14;/h3-7,13,15-16H,8-12,18H2,1-2H3;1H/t15?,16-;/m0./s1. The summed E-state index contributed by atoms with van der Waals surface area (Å²) < 4.78 is 0. The van der Waals surface area contributed by atoms with Crippen molar-refractivity contribution >= 4 is 18.3 Å². The van der Waals surface area contributed by atoms with E-state index < -0.39 is 0 Å². The van der Waals surface area contributed by atoms with Gasteiger partial charge in [-0.05, 0) is 36.7 Å². The number of hydrogen-bond donors (Lipinski definition) is 1. The number of nitrogens with two attached hydrogens (primary N) is 1. The zero-order valence-corrected chi connectivity index (χ0v) is 13.8. The summed E-state index contributed by atoms with van der Waals surface area (Å²) in [5.74, 6) is 1.18. The van der Waals surface area contributed by atoms with E-state index >= 15 is 0 Å². The van der Waals surface area contributed by atoms with Gasteiger partial charge in [0.05, 0.1) is 6.04 Å². The summed E-state index contributed by atoms with van der Waals surface area (Å²) in [6.45, 7) is 5.94. The van der Waals surface area contributed by atoms with Crippen molar-refractivity contribution in [3.05, 3.63) is 35.9 Å². The molecule has 1 saturated heterocycles. The van der Waals surface area contributed by atoms with Crippen molar-refractivity contribution in [3.63, 3.8) is 0 Å². The van der Waals surface area contributed by atoms with Crippen molar-refractivity contribution < 1.29 is 4.79 Å². The van der Waals surface area contributed by atoms with Crippen LogP contribution < -0.4 is 5.73 Å².